The number of hydrogen-bond donors (Lipinski definition) is 2. The first-order valence-corrected chi connectivity index (χ1v) is 8.40. The predicted molar refractivity (Wildman–Crippen MR) is 72.9 cm³/mol. The zero-order chi connectivity index (χ0) is 13.6. The molecular formula is C10H20N4O2S2. The molecule has 0 saturated carbocycles. The van der Waals surface area contributed by atoms with E-state index in [1.807, 2.05) is 6.92 Å². The monoisotopic (exact) mass is 292 g/mol. The topological polar surface area (TPSA) is 98.0 Å². The van der Waals surface area contributed by atoms with Gasteiger partial charge in [0.2, 0.25) is 9.47 Å². The van der Waals surface area contributed by atoms with Crippen molar-refractivity contribution in [2.45, 2.75) is 56.3 Å². The van der Waals surface area contributed by atoms with Crippen molar-refractivity contribution in [2.24, 2.45) is 0 Å². The van der Waals surface area contributed by atoms with Gasteiger partial charge in [0.1, 0.15) is 0 Å². The fourth-order valence-corrected chi connectivity index (χ4v) is 3.77. The molecule has 0 aliphatic carbocycles. The molecule has 3 N–H and O–H groups in total. The average Bonchev–Trinajstić information content (AvgIpc) is 2.73. The van der Waals surface area contributed by atoms with Crippen molar-refractivity contribution in [3.63, 3.8) is 0 Å². The highest BCUT2D eigenvalue weighted by atomic mass is 32.2. The Morgan fingerprint density at radius 1 is 1.28 bits per heavy atom. The number of nitrogens with zero attached hydrogens (tertiary/aromatic N) is 2. The molecule has 1 aromatic rings. The molecule has 1 aromatic heterocycles. The fourth-order valence-electron chi connectivity index (χ4n) is 1.66. The first-order chi connectivity index (χ1) is 8.49. The molecule has 0 radical (unpaired) electrons. The quantitative estimate of drug-likeness (QED) is 0.760. The highest BCUT2D eigenvalue weighted by Gasteiger charge is 2.23. The molecule has 0 aromatic carbocycles. The van der Waals surface area contributed by atoms with Crippen LogP contribution >= 0.6 is 11.3 Å². The Hall–Kier alpha value is -0.730. The van der Waals surface area contributed by atoms with Crippen LogP contribution in [-0.4, -0.2) is 24.7 Å². The van der Waals surface area contributed by atoms with Crippen molar-refractivity contribution in [1.29, 1.82) is 0 Å². The molecule has 0 aliphatic heterocycles. The van der Waals surface area contributed by atoms with Crippen LogP contribution in [0.2, 0.25) is 0 Å². The Kier molecular flexibility index (Phi) is 5.97. The molecule has 6 nitrogen and oxygen atoms in total. The molecule has 1 atom stereocenters. The first-order valence-electron chi connectivity index (χ1n) is 6.11. The van der Waals surface area contributed by atoms with Crippen LogP contribution in [0.5, 0.6) is 0 Å². The van der Waals surface area contributed by atoms with Gasteiger partial charge in [0.25, 0.3) is 10.0 Å². The maximum Gasteiger partial charge on any atom is 0.270 e. The minimum atomic E-state index is -3.58. The molecular weight excluding hydrogens is 272 g/mol. The van der Waals surface area contributed by atoms with Gasteiger partial charge in [0, 0.05) is 6.04 Å². The second-order valence-electron chi connectivity index (χ2n) is 4.16. The van der Waals surface area contributed by atoms with Crippen LogP contribution in [0.1, 0.15) is 46.0 Å². The maximum absolute atomic E-state index is 12.0. The number of aromatic nitrogens is 2. The lowest BCUT2D eigenvalue weighted by Crippen LogP contribution is -2.34. The van der Waals surface area contributed by atoms with Crippen LogP contribution in [0.15, 0.2) is 4.34 Å². The fraction of sp³-hybridized carbons (Fsp3) is 0.800. The molecule has 0 saturated heterocycles. The minimum Gasteiger partial charge on any atom is -0.374 e. The summed E-state index contributed by atoms with van der Waals surface area (Å²) in [6.07, 6.45) is 4.67. The van der Waals surface area contributed by atoms with Crippen molar-refractivity contribution in [3.05, 3.63) is 0 Å². The minimum absolute atomic E-state index is 0.0370. The summed E-state index contributed by atoms with van der Waals surface area (Å²) in [6, 6.07) is -0.0370. The summed E-state index contributed by atoms with van der Waals surface area (Å²) in [7, 11) is -3.58. The van der Waals surface area contributed by atoms with E-state index in [1.165, 1.54) is 0 Å². The lowest BCUT2D eigenvalue weighted by Gasteiger charge is -2.16. The molecule has 8 heteroatoms. The molecule has 1 rings (SSSR count). The molecule has 0 aliphatic rings. The van der Waals surface area contributed by atoms with E-state index in [-0.39, 0.29) is 15.5 Å². The molecule has 1 unspecified atom stereocenters. The van der Waals surface area contributed by atoms with Crippen LogP contribution < -0.4 is 10.5 Å². The van der Waals surface area contributed by atoms with Crippen molar-refractivity contribution >= 4 is 26.5 Å². The Balaban J connectivity index is 2.72. The second-order valence-corrected chi connectivity index (χ2v) is 7.05. The number of rotatable bonds is 8. The molecule has 0 fully saturated rings. The largest absolute Gasteiger partial charge is 0.374 e. The van der Waals surface area contributed by atoms with Crippen molar-refractivity contribution < 1.29 is 8.42 Å². The van der Waals surface area contributed by atoms with E-state index in [0.29, 0.717) is 0 Å². The van der Waals surface area contributed by atoms with Gasteiger partial charge >= 0.3 is 0 Å². The Labute approximate surface area is 112 Å². The van der Waals surface area contributed by atoms with E-state index in [0.717, 1.165) is 43.4 Å². The van der Waals surface area contributed by atoms with Gasteiger partial charge in [-0.1, -0.05) is 44.4 Å². The highest BCUT2D eigenvalue weighted by molar-refractivity contribution is 7.91. The number of unbranched alkanes of at least 4 members (excludes halogenated alkanes) is 1. The van der Waals surface area contributed by atoms with Gasteiger partial charge in [-0.3, -0.25) is 0 Å². The molecule has 1 heterocycles. The van der Waals surface area contributed by atoms with E-state index in [4.69, 9.17) is 5.73 Å². The summed E-state index contributed by atoms with van der Waals surface area (Å²) in [5.41, 5.74) is 5.40. The SMILES string of the molecule is CCCCC(CCC)NS(=O)(=O)c1nnc(N)s1. The van der Waals surface area contributed by atoms with Gasteiger partial charge in [-0.2, -0.15) is 0 Å². The first kappa shape index (κ1) is 15.3. The summed E-state index contributed by atoms with van der Waals surface area (Å²) < 4.78 is 26.7. The number of hydrogen-bond acceptors (Lipinski definition) is 6. The lowest BCUT2D eigenvalue weighted by atomic mass is 10.1. The predicted octanol–water partition coefficient (Wildman–Crippen LogP) is 1.76. The zero-order valence-corrected chi connectivity index (χ0v) is 12.4. The summed E-state index contributed by atoms with van der Waals surface area (Å²) in [5.74, 6) is 0. The van der Waals surface area contributed by atoms with E-state index >= 15 is 0 Å². The van der Waals surface area contributed by atoms with Crippen molar-refractivity contribution in [1.82, 2.24) is 14.9 Å². The highest BCUT2D eigenvalue weighted by Crippen LogP contribution is 2.18. The van der Waals surface area contributed by atoms with Crippen LogP contribution in [0.3, 0.4) is 0 Å². The Bertz CT molecular complexity index is 458. The van der Waals surface area contributed by atoms with Crippen LogP contribution in [0, 0.1) is 0 Å². The normalized spacial score (nSPS) is 13.7. The Morgan fingerprint density at radius 3 is 2.50 bits per heavy atom. The number of nitrogens with two attached hydrogens (primary N) is 1. The van der Waals surface area contributed by atoms with Gasteiger partial charge in [-0.15, -0.1) is 10.2 Å². The van der Waals surface area contributed by atoms with Gasteiger partial charge in [-0.05, 0) is 12.8 Å². The molecule has 0 bridgehead atoms. The third kappa shape index (κ3) is 4.51. The Morgan fingerprint density at radius 2 is 2.00 bits per heavy atom. The summed E-state index contributed by atoms with van der Waals surface area (Å²) in [5, 5.41) is 7.26. The molecule has 0 spiro atoms. The third-order valence-electron chi connectivity index (χ3n) is 2.52. The molecule has 104 valence electrons. The van der Waals surface area contributed by atoms with E-state index < -0.39 is 10.0 Å². The number of nitrogen functional groups attached to an aromatic ring is 1. The van der Waals surface area contributed by atoms with Crippen LogP contribution in [-0.2, 0) is 10.0 Å². The van der Waals surface area contributed by atoms with E-state index in [2.05, 4.69) is 21.8 Å². The summed E-state index contributed by atoms with van der Waals surface area (Å²) in [6.45, 7) is 4.12. The lowest BCUT2D eigenvalue weighted by molar-refractivity contribution is 0.483. The summed E-state index contributed by atoms with van der Waals surface area (Å²) >= 11 is 0.884. The standard InChI is InChI=1S/C10H20N4O2S2/c1-3-5-7-8(6-4-2)14-18(15,16)10-13-12-9(11)17-10/h8,14H,3-7H2,1-2H3,(H2,11,12). The van der Waals surface area contributed by atoms with E-state index in [1.54, 1.807) is 0 Å². The number of anilines is 1. The van der Waals surface area contributed by atoms with E-state index in [9.17, 15) is 8.42 Å². The molecule has 18 heavy (non-hydrogen) atoms. The van der Waals surface area contributed by atoms with Gasteiger partial charge < -0.3 is 5.73 Å². The third-order valence-corrected chi connectivity index (χ3v) is 5.16. The number of nitrogens with one attached hydrogen (secondary N) is 1. The van der Waals surface area contributed by atoms with Gasteiger partial charge in [0.05, 0.1) is 0 Å². The second kappa shape index (κ2) is 7.01. The number of sulfonamides is 1. The molecule has 0 amide bonds. The van der Waals surface area contributed by atoms with Crippen LogP contribution in [0.25, 0.3) is 0 Å². The van der Waals surface area contributed by atoms with Crippen molar-refractivity contribution in [2.75, 3.05) is 5.73 Å². The average molecular weight is 292 g/mol. The maximum atomic E-state index is 12.0. The summed E-state index contributed by atoms with van der Waals surface area (Å²) in [4.78, 5) is 0. The zero-order valence-electron chi connectivity index (χ0n) is 10.7. The van der Waals surface area contributed by atoms with Crippen molar-refractivity contribution in [3.8, 4) is 0 Å². The van der Waals surface area contributed by atoms with Gasteiger partial charge in [0.15, 0.2) is 0 Å². The van der Waals surface area contributed by atoms with Gasteiger partial charge in [-0.25, -0.2) is 13.1 Å². The van der Waals surface area contributed by atoms with Crippen LogP contribution in [0.4, 0.5) is 5.13 Å². The smallest absolute Gasteiger partial charge is 0.270 e.